The van der Waals surface area contributed by atoms with Gasteiger partial charge >= 0.3 is 0 Å². The molecule has 4 nitrogen and oxygen atoms in total. The van der Waals surface area contributed by atoms with E-state index in [2.05, 4.69) is 47.0 Å². The van der Waals surface area contributed by atoms with Gasteiger partial charge in [-0.2, -0.15) is 0 Å². The molecule has 1 saturated carbocycles. The highest BCUT2D eigenvalue weighted by atomic mass is 127. The number of benzene rings is 1. The second kappa shape index (κ2) is 8.17. The number of nitrogens with one attached hydrogen (secondary N) is 1. The summed E-state index contributed by atoms with van der Waals surface area (Å²) < 4.78 is 18.1. The maximum absolute atomic E-state index is 6.02. The van der Waals surface area contributed by atoms with Crippen molar-refractivity contribution in [1.82, 2.24) is 5.32 Å². The Hall–Kier alpha value is -0.370. The molecule has 0 aromatic heterocycles. The van der Waals surface area contributed by atoms with Gasteiger partial charge < -0.3 is 19.5 Å². The van der Waals surface area contributed by atoms with E-state index in [4.69, 9.17) is 14.2 Å². The SMILES string of the molecule is CCNC1CC(Oc2ccc(I)cc2)C1OCCOC. The second-order valence-electron chi connectivity index (χ2n) is 4.84. The van der Waals surface area contributed by atoms with E-state index < -0.39 is 0 Å². The minimum atomic E-state index is 0.101. The Bertz CT molecular complexity index is 399. The van der Waals surface area contributed by atoms with Gasteiger partial charge in [-0.05, 0) is 53.4 Å². The van der Waals surface area contributed by atoms with Crippen molar-refractivity contribution in [3.8, 4) is 5.75 Å². The van der Waals surface area contributed by atoms with Crippen molar-refractivity contribution in [2.24, 2.45) is 0 Å². The summed E-state index contributed by atoms with van der Waals surface area (Å²) in [5, 5.41) is 3.44. The van der Waals surface area contributed by atoms with Crippen LogP contribution in [0.4, 0.5) is 0 Å². The Kier molecular flexibility index (Phi) is 6.54. The fraction of sp³-hybridized carbons (Fsp3) is 0.600. The van der Waals surface area contributed by atoms with Crippen molar-refractivity contribution in [3.63, 3.8) is 0 Å². The number of hydrogen-bond acceptors (Lipinski definition) is 4. The summed E-state index contributed by atoms with van der Waals surface area (Å²) in [7, 11) is 1.69. The minimum absolute atomic E-state index is 0.101. The molecule has 20 heavy (non-hydrogen) atoms. The molecule has 3 atom stereocenters. The predicted octanol–water partition coefficient (Wildman–Crippen LogP) is 2.45. The molecule has 0 saturated heterocycles. The van der Waals surface area contributed by atoms with E-state index in [1.54, 1.807) is 7.11 Å². The lowest BCUT2D eigenvalue weighted by molar-refractivity contribution is -0.115. The molecule has 1 N–H and O–H groups in total. The first kappa shape index (κ1) is 16.0. The zero-order chi connectivity index (χ0) is 14.4. The lowest BCUT2D eigenvalue weighted by Gasteiger charge is -2.44. The Morgan fingerprint density at radius 2 is 2.00 bits per heavy atom. The standard InChI is InChI=1S/C15H22INO3/c1-3-17-13-10-14(15(13)19-9-8-18-2)20-12-6-4-11(16)5-7-12/h4-7,13-15,17H,3,8-10H2,1-2H3. The third-order valence-corrected chi connectivity index (χ3v) is 4.13. The van der Waals surface area contributed by atoms with Crippen molar-refractivity contribution >= 4 is 22.6 Å². The lowest BCUT2D eigenvalue weighted by atomic mass is 9.85. The van der Waals surface area contributed by atoms with E-state index in [9.17, 15) is 0 Å². The molecule has 0 aliphatic heterocycles. The normalized spacial score (nSPS) is 25.2. The summed E-state index contributed by atoms with van der Waals surface area (Å²) in [5.74, 6) is 0.908. The van der Waals surface area contributed by atoms with E-state index in [0.29, 0.717) is 19.3 Å². The lowest BCUT2D eigenvalue weighted by Crippen LogP contribution is -2.61. The third kappa shape index (κ3) is 4.31. The van der Waals surface area contributed by atoms with Gasteiger partial charge in [0, 0.05) is 23.1 Å². The van der Waals surface area contributed by atoms with Crippen LogP contribution in [-0.2, 0) is 9.47 Å². The molecule has 1 aliphatic carbocycles. The van der Waals surface area contributed by atoms with Gasteiger partial charge in [0.2, 0.25) is 0 Å². The molecule has 1 aromatic rings. The quantitative estimate of drug-likeness (QED) is 0.546. The maximum atomic E-state index is 6.02. The van der Waals surface area contributed by atoms with Crippen LogP contribution in [0.5, 0.6) is 5.75 Å². The summed E-state index contributed by atoms with van der Waals surface area (Å²) in [6.07, 6.45) is 1.21. The number of halogens is 1. The fourth-order valence-electron chi connectivity index (χ4n) is 2.34. The smallest absolute Gasteiger partial charge is 0.128 e. The average Bonchev–Trinajstić information content (AvgIpc) is 2.44. The van der Waals surface area contributed by atoms with Crippen LogP contribution in [0.25, 0.3) is 0 Å². The first-order valence-corrected chi connectivity index (χ1v) is 8.08. The molecule has 2 rings (SSSR count). The van der Waals surface area contributed by atoms with Crippen molar-refractivity contribution in [2.45, 2.75) is 31.6 Å². The topological polar surface area (TPSA) is 39.7 Å². The molecule has 0 heterocycles. The van der Waals surface area contributed by atoms with Crippen molar-refractivity contribution in [3.05, 3.63) is 27.8 Å². The van der Waals surface area contributed by atoms with Gasteiger partial charge in [-0.25, -0.2) is 0 Å². The van der Waals surface area contributed by atoms with Crippen molar-refractivity contribution in [1.29, 1.82) is 0 Å². The zero-order valence-corrected chi connectivity index (χ0v) is 14.1. The Labute approximate surface area is 134 Å². The van der Waals surface area contributed by atoms with E-state index in [0.717, 1.165) is 18.7 Å². The fourth-order valence-corrected chi connectivity index (χ4v) is 2.70. The van der Waals surface area contributed by atoms with Crippen LogP contribution in [-0.4, -0.2) is 45.1 Å². The second-order valence-corrected chi connectivity index (χ2v) is 6.08. The van der Waals surface area contributed by atoms with Crippen LogP contribution in [0.3, 0.4) is 0 Å². The number of rotatable bonds is 8. The van der Waals surface area contributed by atoms with Crippen LogP contribution in [0.2, 0.25) is 0 Å². The first-order valence-electron chi connectivity index (χ1n) is 7.00. The predicted molar refractivity (Wildman–Crippen MR) is 87.3 cm³/mol. The maximum Gasteiger partial charge on any atom is 0.128 e. The van der Waals surface area contributed by atoms with E-state index in [1.165, 1.54) is 3.57 Å². The van der Waals surface area contributed by atoms with Gasteiger partial charge in [0.15, 0.2) is 0 Å². The Balaban J connectivity index is 1.87. The molecule has 1 aromatic carbocycles. The molecule has 0 spiro atoms. The van der Waals surface area contributed by atoms with Crippen LogP contribution in [0, 0.1) is 3.57 Å². The van der Waals surface area contributed by atoms with Crippen molar-refractivity contribution in [2.75, 3.05) is 26.9 Å². The highest BCUT2D eigenvalue weighted by Crippen LogP contribution is 2.29. The molecule has 3 unspecified atom stereocenters. The number of ether oxygens (including phenoxy) is 3. The largest absolute Gasteiger partial charge is 0.488 e. The Morgan fingerprint density at radius 3 is 2.65 bits per heavy atom. The number of likely N-dealkylation sites (N-methyl/N-ethyl adjacent to an activating group) is 1. The molecular weight excluding hydrogens is 369 g/mol. The highest BCUT2D eigenvalue weighted by Gasteiger charge is 2.43. The summed E-state index contributed by atoms with van der Waals surface area (Å²) in [6, 6.07) is 8.50. The molecule has 0 amide bonds. The van der Waals surface area contributed by atoms with Gasteiger partial charge in [-0.3, -0.25) is 0 Å². The van der Waals surface area contributed by atoms with Crippen LogP contribution >= 0.6 is 22.6 Å². The van der Waals surface area contributed by atoms with Gasteiger partial charge in [-0.1, -0.05) is 6.92 Å². The summed E-state index contributed by atoms with van der Waals surface area (Å²) in [5.41, 5.74) is 0. The third-order valence-electron chi connectivity index (χ3n) is 3.41. The molecule has 1 aliphatic rings. The van der Waals surface area contributed by atoms with Crippen LogP contribution in [0.15, 0.2) is 24.3 Å². The van der Waals surface area contributed by atoms with E-state index in [1.807, 2.05) is 12.1 Å². The molecule has 0 bridgehead atoms. The number of methoxy groups -OCH3 is 1. The zero-order valence-electron chi connectivity index (χ0n) is 12.0. The molecular formula is C15H22INO3. The van der Waals surface area contributed by atoms with Gasteiger partial charge in [0.1, 0.15) is 18.0 Å². The van der Waals surface area contributed by atoms with Crippen LogP contribution < -0.4 is 10.1 Å². The number of hydrogen-bond donors (Lipinski definition) is 1. The molecule has 0 radical (unpaired) electrons. The van der Waals surface area contributed by atoms with Gasteiger partial charge in [-0.15, -0.1) is 0 Å². The average molecular weight is 391 g/mol. The van der Waals surface area contributed by atoms with Crippen LogP contribution in [0.1, 0.15) is 13.3 Å². The van der Waals surface area contributed by atoms with E-state index in [-0.39, 0.29) is 12.2 Å². The van der Waals surface area contributed by atoms with E-state index >= 15 is 0 Å². The highest BCUT2D eigenvalue weighted by molar-refractivity contribution is 14.1. The minimum Gasteiger partial charge on any atom is -0.488 e. The van der Waals surface area contributed by atoms with Gasteiger partial charge in [0.05, 0.1) is 13.2 Å². The first-order chi connectivity index (χ1) is 9.74. The Morgan fingerprint density at radius 1 is 1.25 bits per heavy atom. The molecule has 5 heteroatoms. The monoisotopic (exact) mass is 391 g/mol. The summed E-state index contributed by atoms with van der Waals surface area (Å²) >= 11 is 2.29. The molecule has 1 fully saturated rings. The summed E-state index contributed by atoms with van der Waals surface area (Å²) in [6.45, 7) is 4.28. The molecule has 112 valence electrons. The summed E-state index contributed by atoms with van der Waals surface area (Å²) in [4.78, 5) is 0. The van der Waals surface area contributed by atoms with Crippen molar-refractivity contribution < 1.29 is 14.2 Å². The van der Waals surface area contributed by atoms with Gasteiger partial charge in [0.25, 0.3) is 0 Å².